The number of ether oxygens (including phenoxy) is 4. The van der Waals surface area contributed by atoms with Gasteiger partial charge in [-0.2, -0.15) is 0 Å². The summed E-state index contributed by atoms with van der Waals surface area (Å²) in [7, 11) is 0. The summed E-state index contributed by atoms with van der Waals surface area (Å²) in [5, 5.41) is 3.29. The minimum atomic E-state index is -0.651. The molecule has 0 radical (unpaired) electrons. The zero-order valence-electron chi connectivity index (χ0n) is 19.8. The summed E-state index contributed by atoms with van der Waals surface area (Å²) in [6.45, 7) is 10.2. The molecular weight excluding hydrogens is 406 g/mol. The van der Waals surface area contributed by atoms with Crippen LogP contribution in [0.4, 0.5) is 10.5 Å². The molecule has 0 aromatic heterocycles. The van der Waals surface area contributed by atoms with Crippen LogP contribution < -0.4 is 10.1 Å². The lowest BCUT2D eigenvalue weighted by Crippen LogP contribution is -2.29. The first-order chi connectivity index (χ1) is 15.4. The van der Waals surface area contributed by atoms with Gasteiger partial charge in [0.15, 0.2) is 0 Å². The fourth-order valence-electron chi connectivity index (χ4n) is 3.14. The largest absolute Gasteiger partial charge is 0.508 e. The Morgan fingerprint density at radius 2 is 1.50 bits per heavy atom. The molecule has 0 spiro atoms. The van der Waals surface area contributed by atoms with Crippen molar-refractivity contribution >= 4 is 11.8 Å². The Morgan fingerprint density at radius 3 is 2.12 bits per heavy atom. The molecule has 32 heavy (non-hydrogen) atoms. The van der Waals surface area contributed by atoms with Gasteiger partial charge >= 0.3 is 6.16 Å². The van der Waals surface area contributed by atoms with Gasteiger partial charge < -0.3 is 24.3 Å². The van der Waals surface area contributed by atoms with E-state index in [1.807, 2.05) is 38.1 Å². The average molecular weight is 444 g/mol. The molecule has 0 saturated carbocycles. The molecule has 6 nitrogen and oxygen atoms in total. The molecule has 0 heterocycles. The summed E-state index contributed by atoms with van der Waals surface area (Å²) in [5.41, 5.74) is 2.91. The fraction of sp³-hybridized carbons (Fsp3) is 0.500. The van der Waals surface area contributed by atoms with Crippen molar-refractivity contribution in [1.29, 1.82) is 0 Å². The van der Waals surface area contributed by atoms with Crippen LogP contribution in [0.1, 0.15) is 47.0 Å². The molecule has 0 aliphatic carbocycles. The third kappa shape index (κ3) is 9.60. The molecule has 0 amide bonds. The molecule has 0 atom stereocenters. The van der Waals surface area contributed by atoms with Crippen molar-refractivity contribution in [2.45, 2.75) is 52.6 Å². The van der Waals surface area contributed by atoms with Gasteiger partial charge in [0.2, 0.25) is 0 Å². The average Bonchev–Trinajstić information content (AvgIpc) is 2.78. The molecule has 1 N–H and O–H groups in total. The van der Waals surface area contributed by atoms with Crippen LogP contribution in [0.3, 0.4) is 0 Å². The lowest BCUT2D eigenvalue weighted by Gasteiger charge is -2.24. The lowest BCUT2D eigenvalue weighted by molar-refractivity contribution is -0.0315. The summed E-state index contributed by atoms with van der Waals surface area (Å²) >= 11 is 0. The molecule has 0 bridgehead atoms. The van der Waals surface area contributed by atoms with Gasteiger partial charge in [-0.05, 0) is 69.0 Å². The molecule has 2 aromatic carbocycles. The molecule has 2 rings (SSSR count). The number of rotatable bonds is 14. The molecule has 176 valence electrons. The quantitative estimate of drug-likeness (QED) is 0.273. The monoisotopic (exact) mass is 443 g/mol. The van der Waals surface area contributed by atoms with Gasteiger partial charge in [-0.25, -0.2) is 4.79 Å². The summed E-state index contributed by atoms with van der Waals surface area (Å²) in [6.07, 6.45) is 2.24. The van der Waals surface area contributed by atoms with Crippen LogP contribution in [-0.4, -0.2) is 44.7 Å². The van der Waals surface area contributed by atoms with E-state index in [0.29, 0.717) is 19.8 Å². The number of carbonyl (C=O) groups excluding carboxylic acids is 1. The van der Waals surface area contributed by atoms with Gasteiger partial charge in [0.05, 0.1) is 13.2 Å². The highest BCUT2D eigenvalue weighted by Gasteiger charge is 2.22. The van der Waals surface area contributed by atoms with Crippen molar-refractivity contribution in [3.63, 3.8) is 0 Å². The summed E-state index contributed by atoms with van der Waals surface area (Å²) in [6, 6.07) is 16.4. The summed E-state index contributed by atoms with van der Waals surface area (Å²) < 4.78 is 21.6. The topological polar surface area (TPSA) is 66.0 Å². The Balaban J connectivity index is 1.59. The van der Waals surface area contributed by atoms with Crippen LogP contribution >= 0.6 is 0 Å². The second-order valence-electron chi connectivity index (χ2n) is 8.16. The van der Waals surface area contributed by atoms with E-state index in [0.717, 1.165) is 48.4 Å². The second-order valence-corrected chi connectivity index (χ2v) is 8.16. The van der Waals surface area contributed by atoms with E-state index in [4.69, 9.17) is 18.9 Å². The maximum Gasteiger partial charge on any atom is 0.508 e. The fourth-order valence-corrected chi connectivity index (χ4v) is 3.14. The van der Waals surface area contributed by atoms with E-state index in [1.54, 1.807) is 0 Å². The summed E-state index contributed by atoms with van der Waals surface area (Å²) in [4.78, 5) is 11.7. The first-order valence-corrected chi connectivity index (χ1v) is 11.4. The summed E-state index contributed by atoms with van der Waals surface area (Å²) in [5.74, 6) is 0.788. The SMILES string of the molecule is CCCCC(C)(C)OC(=O)OCCOCCOc1ccc(-c2ccc(NCC)cc2)cc1. The van der Waals surface area contributed by atoms with E-state index in [-0.39, 0.29) is 6.61 Å². The molecule has 0 saturated heterocycles. The Kier molecular flexibility index (Phi) is 10.9. The number of hydrogen-bond acceptors (Lipinski definition) is 6. The van der Waals surface area contributed by atoms with E-state index >= 15 is 0 Å². The van der Waals surface area contributed by atoms with E-state index < -0.39 is 11.8 Å². The third-order valence-corrected chi connectivity index (χ3v) is 4.89. The minimum absolute atomic E-state index is 0.157. The number of nitrogens with one attached hydrogen (secondary N) is 1. The van der Waals surface area contributed by atoms with Gasteiger partial charge in [-0.15, -0.1) is 0 Å². The number of carbonyl (C=O) groups is 1. The first kappa shape index (κ1) is 25.5. The zero-order valence-corrected chi connectivity index (χ0v) is 19.8. The van der Waals surface area contributed by atoms with Gasteiger partial charge in [-0.1, -0.05) is 37.6 Å². The van der Waals surface area contributed by atoms with Gasteiger partial charge in [0.1, 0.15) is 24.6 Å². The van der Waals surface area contributed by atoms with Crippen LogP contribution in [0.25, 0.3) is 11.1 Å². The van der Waals surface area contributed by atoms with Crippen LogP contribution in [0.15, 0.2) is 48.5 Å². The highest BCUT2D eigenvalue weighted by molar-refractivity contribution is 5.66. The molecule has 0 unspecified atom stereocenters. The first-order valence-electron chi connectivity index (χ1n) is 11.4. The maximum absolute atomic E-state index is 11.7. The van der Waals surface area contributed by atoms with Crippen molar-refractivity contribution in [2.75, 3.05) is 38.3 Å². The van der Waals surface area contributed by atoms with Crippen molar-refractivity contribution < 1.29 is 23.7 Å². The highest BCUT2D eigenvalue weighted by atomic mass is 16.7. The van der Waals surface area contributed by atoms with E-state index in [2.05, 4.69) is 43.4 Å². The van der Waals surface area contributed by atoms with Crippen molar-refractivity contribution in [1.82, 2.24) is 0 Å². The lowest BCUT2D eigenvalue weighted by atomic mass is 10.0. The minimum Gasteiger partial charge on any atom is -0.491 e. The molecule has 6 heteroatoms. The number of unbranched alkanes of at least 4 members (excludes halogenated alkanes) is 1. The molecule has 0 aliphatic heterocycles. The zero-order chi connectivity index (χ0) is 23.2. The van der Waals surface area contributed by atoms with Crippen molar-refractivity contribution in [2.24, 2.45) is 0 Å². The number of benzene rings is 2. The van der Waals surface area contributed by atoms with Gasteiger partial charge in [0, 0.05) is 12.2 Å². The highest BCUT2D eigenvalue weighted by Crippen LogP contribution is 2.24. The number of anilines is 1. The Bertz CT molecular complexity index is 787. The van der Waals surface area contributed by atoms with E-state index in [1.165, 1.54) is 0 Å². The van der Waals surface area contributed by atoms with Crippen molar-refractivity contribution in [3.05, 3.63) is 48.5 Å². The maximum atomic E-state index is 11.7. The Hall–Kier alpha value is -2.73. The second kappa shape index (κ2) is 13.6. The van der Waals surface area contributed by atoms with Gasteiger partial charge in [-0.3, -0.25) is 0 Å². The molecular formula is C26H37NO5. The predicted molar refractivity (Wildman–Crippen MR) is 128 cm³/mol. The van der Waals surface area contributed by atoms with Crippen LogP contribution in [-0.2, 0) is 14.2 Å². The van der Waals surface area contributed by atoms with E-state index in [9.17, 15) is 4.79 Å². The van der Waals surface area contributed by atoms with Crippen molar-refractivity contribution in [3.8, 4) is 16.9 Å². The standard InChI is InChI=1S/C26H37NO5/c1-5-7-16-26(3,4)32-25(28)31-20-18-29-17-19-30-24-14-10-22(11-15-24)21-8-12-23(13-9-21)27-6-2/h8-15,27H,5-7,16-20H2,1-4H3. The third-order valence-electron chi connectivity index (χ3n) is 4.89. The smallest absolute Gasteiger partial charge is 0.491 e. The van der Waals surface area contributed by atoms with Crippen LogP contribution in [0, 0.1) is 0 Å². The number of hydrogen-bond donors (Lipinski definition) is 1. The predicted octanol–water partition coefficient (Wildman–Crippen LogP) is 6.30. The van der Waals surface area contributed by atoms with Crippen LogP contribution in [0.5, 0.6) is 5.75 Å². The molecule has 0 aliphatic rings. The Morgan fingerprint density at radius 1 is 0.875 bits per heavy atom. The molecule has 2 aromatic rings. The van der Waals surface area contributed by atoms with Gasteiger partial charge in [0.25, 0.3) is 0 Å². The normalized spacial score (nSPS) is 11.1. The van der Waals surface area contributed by atoms with Crippen LogP contribution in [0.2, 0.25) is 0 Å². The molecule has 0 fully saturated rings. The Labute approximate surface area is 192 Å².